The maximum Gasteiger partial charge on any atom is 0.337 e. The lowest BCUT2D eigenvalue weighted by Crippen LogP contribution is -2.39. The van der Waals surface area contributed by atoms with Crippen molar-refractivity contribution in [3.05, 3.63) is 59.9 Å². The largest absolute Gasteiger partial charge is 0.465 e. The predicted molar refractivity (Wildman–Crippen MR) is 87.0 cm³/mol. The summed E-state index contributed by atoms with van der Waals surface area (Å²) < 4.78 is 6.46. The number of anilines is 1. The van der Waals surface area contributed by atoms with Gasteiger partial charge in [0.1, 0.15) is 0 Å². The Labute approximate surface area is 135 Å². The van der Waals surface area contributed by atoms with Crippen LogP contribution in [0.4, 0.5) is 5.69 Å². The predicted octanol–water partition coefficient (Wildman–Crippen LogP) is 2.35. The molecule has 23 heavy (non-hydrogen) atoms. The van der Waals surface area contributed by atoms with Crippen molar-refractivity contribution in [1.82, 2.24) is 0 Å². The molecular weight excluding hydrogens is 292 g/mol. The number of carbonyl (C=O) groups is 2. The number of carbonyl (C=O) groups excluding carboxylic acids is 2. The van der Waals surface area contributed by atoms with Crippen LogP contribution < -0.4 is 9.88 Å². The first-order valence-corrected chi connectivity index (χ1v) is 7.58. The number of rotatable bonds is 6. The van der Waals surface area contributed by atoms with E-state index in [2.05, 4.69) is 17.0 Å². The number of nitrogens with one attached hydrogen (secondary N) is 1. The summed E-state index contributed by atoms with van der Waals surface area (Å²) in [6.07, 6.45) is 5.96. The van der Waals surface area contributed by atoms with E-state index in [9.17, 15) is 9.59 Å². The van der Waals surface area contributed by atoms with Crippen molar-refractivity contribution in [3.8, 4) is 0 Å². The molecule has 0 bridgehead atoms. The maximum atomic E-state index is 12.0. The SMILES string of the molecule is CCCc1cc[n+](CC(=O)Nc2ccc(C(=O)OC)cc2)cc1. The Morgan fingerprint density at radius 3 is 2.30 bits per heavy atom. The Hall–Kier alpha value is -2.69. The molecule has 0 radical (unpaired) electrons. The molecule has 1 amide bonds. The number of benzene rings is 1. The van der Waals surface area contributed by atoms with E-state index in [1.807, 2.05) is 29.1 Å². The van der Waals surface area contributed by atoms with Gasteiger partial charge in [-0.3, -0.25) is 4.79 Å². The number of amides is 1. The normalized spacial score (nSPS) is 10.2. The van der Waals surface area contributed by atoms with Crippen LogP contribution in [0, 0.1) is 0 Å². The van der Waals surface area contributed by atoms with Crippen LogP contribution in [0.25, 0.3) is 0 Å². The summed E-state index contributed by atoms with van der Waals surface area (Å²) in [5.41, 5.74) is 2.36. The molecule has 1 aromatic heterocycles. The van der Waals surface area contributed by atoms with Crippen molar-refractivity contribution in [3.63, 3.8) is 0 Å². The van der Waals surface area contributed by atoms with Gasteiger partial charge in [0, 0.05) is 17.8 Å². The molecule has 5 heteroatoms. The summed E-state index contributed by atoms with van der Waals surface area (Å²) in [7, 11) is 1.33. The van der Waals surface area contributed by atoms with Gasteiger partial charge in [-0.2, -0.15) is 4.57 Å². The zero-order valence-corrected chi connectivity index (χ0v) is 13.4. The van der Waals surface area contributed by atoms with Crippen LogP contribution in [0.3, 0.4) is 0 Å². The van der Waals surface area contributed by atoms with E-state index in [1.54, 1.807) is 24.3 Å². The van der Waals surface area contributed by atoms with Gasteiger partial charge in [-0.1, -0.05) is 13.3 Å². The van der Waals surface area contributed by atoms with E-state index in [0.717, 1.165) is 12.8 Å². The molecule has 0 saturated heterocycles. The molecule has 0 saturated carbocycles. The van der Waals surface area contributed by atoms with E-state index >= 15 is 0 Å². The second-order valence-electron chi connectivity index (χ2n) is 5.25. The highest BCUT2D eigenvalue weighted by molar-refractivity contribution is 5.92. The average molecular weight is 313 g/mol. The third-order valence-electron chi connectivity index (χ3n) is 3.41. The Balaban J connectivity index is 1.92. The van der Waals surface area contributed by atoms with Crippen LogP contribution in [-0.2, 0) is 22.5 Å². The maximum absolute atomic E-state index is 12.0. The van der Waals surface area contributed by atoms with Crippen molar-refractivity contribution in [2.24, 2.45) is 0 Å². The zero-order valence-electron chi connectivity index (χ0n) is 13.4. The van der Waals surface area contributed by atoms with Crippen LogP contribution >= 0.6 is 0 Å². The summed E-state index contributed by atoms with van der Waals surface area (Å²) in [5.74, 6) is -0.519. The van der Waals surface area contributed by atoms with E-state index in [4.69, 9.17) is 0 Å². The number of hydrogen-bond acceptors (Lipinski definition) is 3. The fourth-order valence-corrected chi connectivity index (χ4v) is 2.22. The third-order valence-corrected chi connectivity index (χ3v) is 3.41. The van der Waals surface area contributed by atoms with E-state index in [0.29, 0.717) is 11.3 Å². The Bertz CT molecular complexity index is 664. The van der Waals surface area contributed by atoms with Gasteiger partial charge in [-0.15, -0.1) is 0 Å². The van der Waals surface area contributed by atoms with Gasteiger partial charge in [-0.05, 0) is 36.2 Å². The standard InChI is InChI=1S/C18H20N2O3/c1-3-4-14-9-11-20(12-10-14)13-17(21)19-16-7-5-15(6-8-16)18(22)23-2/h5-12H,3-4,13H2,1-2H3/p+1. The molecule has 2 rings (SSSR count). The molecule has 0 aliphatic rings. The highest BCUT2D eigenvalue weighted by Crippen LogP contribution is 2.10. The molecule has 0 fully saturated rings. The second-order valence-corrected chi connectivity index (χ2v) is 5.25. The van der Waals surface area contributed by atoms with Crippen LogP contribution in [0.1, 0.15) is 29.3 Å². The number of methoxy groups -OCH3 is 1. The summed E-state index contributed by atoms with van der Waals surface area (Å²) >= 11 is 0. The molecule has 0 spiro atoms. The summed E-state index contributed by atoms with van der Waals surface area (Å²) in [6, 6.07) is 10.7. The van der Waals surface area contributed by atoms with Gasteiger partial charge in [-0.25, -0.2) is 4.79 Å². The Morgan fingerprint density at radius 1 is 1.09 bits per heavy atom. The van der Waals surface area contributed by atoms with Crippen LogP contribution in [0.5, 0.6) is 0 Å². The zero-order chi connectivity index (χ0) is 16.7. The first kappa shape index (κ1) is 16.7. The van der Waals surface area contributed by atoms with Gasteiger partial charge in [0.2, 0.25) is 6.54 Å². The van der Waals surface area contributed by atoms with E-state index in [1.165, 1.54) is 12.7 Å². The fraction of sp³-hybridized carbons (Fsp3) is 0.278. The summed E-state index contributed by atoms with van der Waals surface area (Å²) in [4.78, 5) is 23.4. The molecular formula is C18H21N2O3+. The molecule has 0 aliphatic carbocycles. The van der Waals surface area contributed by atoms with Gasteiger partial charge in [0.05, 0.1) is 12.7 Å². The minimum Gasteiger partial charge on any atom is -0.465 e. The number of esters is 1. The molecule has 5 nitrogen and oxygen atoms in total. The van der Waals surface area contributed by atoms with Gasteiger partial charge >= 0.3 is 5.97 Å². The Kier molecular flexibility index (Phi) is 5.86. The van der Waals surface area contributed by atoms with Gasteiger partial charge < -0.3 is 10.1 Å². The van der Waals surface area contributed by atoms with E-state index < -0.39 is 5.97 Å². The molecule has 0 unspecified atom stereocenters. The molecule has 0 atom stereocenters. The molecule has 0 aliphatic heterocycles. The van der Waals surface area contributed by atoms with Crippen molar-refractivity contribution < 1.29 is 18.9 Å². The first-order chi connectivity index (χ1) is 11.1. The Morgan fingerprint density at radius 2 is 1.74 bits per heavy atom. The van der Waals surface area contributed by atoms with Crippen LogP contribution in [0.2, 0.25) is 0 Å². The van der Waals surface area contributed by atoms with Crippen molar-refractivity contribution >= 4 is 17.6 Å². The van der Waals surface area contributed by atoms with Crippen molar-refractivity contribution in [2.75, 3.05) is 12.4 Å². The highest BCUT2D eigenvalue weighted by atomic mass is 16.5. The average Bonchev–Trinajstić information content (AvgIpc) is 2.57. The number of nitrogens with zero attached hydrogens (tertiary/aromatic N) is 1. The summed E-state index contributed by atoms with van der Waals surface area (Å²) in [5, 5.41) is 2.80. The highest BCUT2D eigenvalue weighted by Gasteiger charge is 2.10. The molecule has 120 valence electrons. The van der Waals surface area contributed by atoms with Crippen molar-refractivity contribution in [2.45, 2.75) is 26.3 Å². The number of ether oxygens (including phenoxy) is 1. The molecule has 1 aromatic carbocycles. The second kappa shape index (κ2) is 8.08. The van der Waals surface area contributed by atoms with Crippen LogP contribution in [-0.4, -0.2) is 19.0 Å². The van der Waals surface area contributed by atoms with E-state index in [-0.39, 0.29) is 12.5 Å². The first-order valence-electron chi connectivity index (χ1n) is 7.58. The minimum absolute atomic E-state index is 0.121. The van der Waals surface area contributed by atoms with Crippen LogP contribution in [0.15, 0.2) is 48.8 Å². The minimum atomic E-state index is -0.398. The number of hydrogen-bond donors (Lipinski definition) is 1. The molecule has 1 heterocycles. The number of pyridine rings is 1. The summed E-state index contributed by atoms with van der Waals surface area (Å²) in [6.45, 7) is 2.38. The lowest BCUT2D eigenvalue weighted by Gasteiger charge is -2.05. The number of aryl methyl sites for hydroxylation is 1. The molecule has 2 aromatic rings. The quantitative estimate of drug-likeness (QED) is 0.658. The fourth-order valence-electron chi connectivity index (χ4n) is 2.22. The molecule has 1 N–H and O–H groups in total. The third kappa shape index (κ3) is 4.92. The number of aromatic nitrogens is 1. The lowest BCUT2D eigenvalue weighted by atomic mass is 10.1. The van der Waals surface area contributed by atoms with Gasteiger partial charge in [0.25, 0.3) is 5.91 Å². The van der Waals surface area contributed by atoms with Gasteiger partial charge in [0.15, 0.2) is 12.4 Å². The van der Waals surface area contributed by atoms with Crippen molar-refractivity contribution in [1.29, 1.82) is 0 Å². The topological polar surface area (TPSA) is 59.3 Å². The smallest absolute Gasteiger partial charge is 0.337 e. The lowest BCUT2D eigenvalue weighted by molar-refractivity contribution is -0.684. The monoisotopic (exact) mass is 313 g/mol.